The second kappa shape index (κ2) is 6.99. The number of ether oxygens (including phenoxy) is 3. The van der Waals surface area contributed by atoms with Crippen molar-refractivity contribution in [1.82, 2.24) is 9.88 Å². The fourth-order valence-corrected chi connectivity index (χ4v) is 5.18. The molecule has 2 aromatic rings. The number of piperidine rings is 1. The molecule has 1 saturated carbocycles. The molecule has 0 spiro atoms. The van der Waals surface area contributed by atoms with E-state index in [0.29, 0.717) is 40.7 Å². The maximum absolute atomic E-state index is 12.6. The third-order valence-corrected chi connectivity index (χ3v) is 6.73. The lowest BCUT2D eigenvalue weighted by Gasteiger charge is -2.38. The molecule has 0 radical (unpaired) electrons. The minimum atomic E-state index is -1.13. The van der Waals surface area contributed by atoms with Gasteiger partial charge in [-0.05, 0) is 45.4 Å². The highest BCUT2D eigenvalue weighted by molar-refractivity contribution is 6.30. The first kappa shape index (κ1) is 21.3. The Labute approximate surface area is 192 Å². The van der Waals surface area contributed by atoms with Gasteiger partial charge in [-0.25, -0.2) is 4.79 Å². The highest BCUT2D eigenvalue weighted by atomic mass is 35.5. The van der Waals surface area contributed by atoms with E-state index in [1.165, 1.54) is 0 Å². The molecule has 5 rings (SSSR count). The van der Waals surface area contributed by atoms with E-state index >= 15 is 0 Å². The molecule has 2 fully saturated rings. The fourth-order valence-electron chi connectivity index (χ4n) is 5.07. The number of halogens is 1. The van der Waals surface area contributed by atoms with E-state index in [-0.39, 0.29) is 18.1 Å². The summed E-state index contributed by atoms with van der Waals surface area (Å²) in [5.74, 6) is -0.164. The van der Waals surface area contributed by atoms with Gasteiger partial charge in [0, 0.05) is 43.6 Å². The number of carbonyl (C=O) groups is 1. The Morgan fingerprint density at radius 3 is 2.69 bits per heavy atom. The zero-order valence-corrected chi connectivity index (χ0v) is 19.3. The molecule has 4 atom stereocenters. The number of hydrogen-bond acceptors (Lipinski definition) is 6. The predicted octanol–water partition coefficient (Wildman–Crippen LogP) is 4.60. The topological polar surface area (TPSA) is 81.1 Å². The summed E-state index contributed by atoms with van der Waals surface area (Å²) in [5, 5.41) is 12.3. The number of likely N-dealkylation sites (tertiary alicyclic amines) is 1. The van der Waals surface area contributed by atoms with Gasteiger partial charge in [0.25, 0.3) is 5.79 Å². The molecule has 1 aromatic heterocycles. The molecule has 3 aliphatic rings. The second-order valence-electron chi connectivity index (χ2n) is 9.99. The summed E-state index contributed by atoms with van der Waals surface area (Å²) in [7, 11) is 0. The average Bonchev–Trinajstić information content (AvgIpc) is 3.37. The maximum atomic E-state index is 12.6. The van der Waals surface area contributed by atoms with Crippen molar-refractivity contribution in [2.45, 2.75) is 63.6 Å². The van der Waals surface area contributed by atoms with Gasteiger partial charge < -0.3 is 24.2 Å². The molecule has 3 heterocycles. The van der Waals surface area contributed by atoms with Gasteiger partial charge in [-0.1, -0.05) is 23.7 Å². The van der Waals surface area contributed by atoms with Crippen LogP contribution in [0.15, 0.2) is 36.5 Å². The summed E-state index contributed by atoms with van der Waals surface area (Å²) >= 11 is 5.97. The molecule has 7 nitrogen and oxygen atoms in total. The molecule has 2 aliphatic heterocycles. The SMILES string of the molecule is CC(C)(C)OC(=O)N1CC2CC1CC2(O)c1cccc2c1O[C@](C)(c1ccc(Cl)cn1)O2. The van der Waals surface area contributed by atoms with Crippen LogP contribution < -0.4 is 9.47 Å². The number of pyridine rings is 1. The lowest BCUT2D eigenvalue weighted by molar-refractivity contribution is -0.0770. The van der Waals surface area contributed by atoms with Crippen LogP contribution >= 0.6 is 11.6 Å². The fraction of sp³-hybridized carbons (Fsp3) is 0.500. The van der Waals surface area contributed by atoms with Gasteiger partial charge in [0.05, 0.1) is 10.6 Å². The Balaban J connectivity index is 1.40. The molecule has 2 bridgehead atoms. The number of hydrogen-bond donors (Lipinski definition) is 1. The number of carbonyl (C=O) groups excluding carboxylic acids is 1. The van der Waals surface area contributed by atoms with Gasteiger partial charge in [-0.3, -0.25) is 4.98 Å². The molecule has 1 aliphatic carbocycles. The van der Waals surface area contributed by atoms with Crippen molar-refractivity contribution in [2.75, 3.05) is 6.54 Å². The summed E-state index contributed by atoms with van der Waals surface area (Å²) in [6, 6.07) is 8.97. The Bertz CT molecular complexity index is 1070. The number of fused-ring (bicyclic) bond motifs is 3. The largest absolute Gasteiger partial charge is 0.444 e. The monoisotopic (exact) mass is 458 g/mol. The van der Waals surface area contributed by atoms with Crippen molar-refractivity contribution in [3.63, 3.8) is 0 Å². The third kappa shape index (κ3) is 3.39. The zero-order chi connectivity index (χ0) is 22.9. The number of nitrogens with zero attached hydrogens (tertiary/aromatic N) is 2. The maximum Gasteiger partial charge on any atom is 0.410 e. The van der Waals surface area contributed by atoms with Crippen LogP contribution in [-0.2, 0) is 16.1 Å². The molecule has 8 heteroatoms. The summed E-state index contributed by atoms with van der Waals surface area (Å²) in [6.45, 7) is 7.80. The third-order valence-electron chi connectivity index (χ3n) is 6.50. The average molecular weight is 459 g/mol. The van der Waals surface area contributed by atoms with Crippen molar-refractivity contribution in [3.8, 4) is 11.5 Å². The van der Waals surface area contributed by atoms with Gasteiger partial charge in [0.2, 0.25) is 0 Å². The van der Waals surface area contributed by atoms with Crippen LogP contribution in [-0.4, -0.2) is 39.3 Å². The number of aromatic nitrogens is 1. The molecule has 1 saturated heterocycles. The lowest BCUT2D eigenvalue weighted by Crippen LogP contribution is -2.48. The quantitative estimate of drug-likeness (QED) is 0.708. The summed E-state index contributed by atoms with van der Waals surface area (Å²) in [4.78, 5) is 18.7. The number of para-hydroxylation sites is 1. The minimum absolute atomic E-state index is 0.0812. The van der Waals surface area contributed by atoms with E-state index in [2.05, 4.69) is 4.98 Å². The van der Waals surface area contributed by atoms with Crippen LogP contribution in [0.4, 0.5) is 4.79 Å². The standard InChI is InChI=1S/C24H27ClN2O5/c1-22(2,3)32-21(28)27-13-14-10-16(27)11-24(14,29)17-6-5-7-18-20(17)31-23(4,30-18)19-9-8-15(25)12-26-19/h5-9,12,14,16,29H,10-11,13H2,1-4H3/t14?,16?,23-,24?/m1/s1. The first-order chi connectivity index (χ1) is 15.0. The molecule has 1 N–H and O–H groups in total. The van der Waals surface area contributed by atoms with Crippen LogP contribution in [0.3, 0.4) is 0 Å². The van der Waals surface area contributed by atoms with Crippen LogP contribution in [0.1, 0.15) is 51.8 Å². The van der Waals surface area contributed by atoms with E-state index in [0.717, 1.165) is 6.42 Å². The van der Waals surface area contributed by atoms with E-state index in [4.69, 9.17) is 25.8 Å². The van der Waals surface area contributed by atoms with Crippen LogP contribution in [0.2, 0.25) is 5.02 Å². The zero-order valence-electron chi connectivity index (χ0n) is 18.6. The molecule has 32 heavy (non-hydrogen) atoms. The van der Waals surface area contributed by atoms with Gasteiger partial charge in [0.1, 0.15) is 11.3 Å². The van der Waals surface area contributed by atoms with Crippen molar-refractivity contribution in [2.24, 2.45) is 5.92 Å². The number of aliphatic hydroxyl groups is 1. The molecular formula is C24H27ClN2O5. The minimum Gasteiger partial charge on any atom is -0.444 e. The van der Waals surface area contributed by atoms with E-state index in [9.17, 15) is 9.90 Å². The van der Waals surface area contributed by atoms with Crippen LogP contribution in [0.5, 0.6) is 11.5 Å². The van der Waals surface area contributed by atoms with Gasteiger partial charge >= 0.3 is 6.09 Å². The Morgan fingerprint density at radius 1 is 1.28 bits per heavy atom. The van der Waals surface area contributed by atoms with Crippen molar-refractivity contribution in [3.05, 3.63) is 52.8 Å². The Hall–Kier alpha value is -2.51. The van der Waals surface area contributed by atoms with Crippen LogP contribution in [0.25, 0.3) is 0 Å². The Kier molecular flexibility index (Phi) is 4.66. The highest BCUT2D eigenvalue weighted by Crippen LogP contribution is 2.56. The summed E-state index contributed by atoms with van der Waals surface area (Å²) in [6.07, 6.45) is 2.36. The molecular weight excluding hydrogens is 432 g/mol. The van der Waals surface area contributed by atoms with Gasteiger partial charge in [-0.15, -0.1) is 0 Å². The van der Waals surface area contributed by atoms with Crippen LogP contribution in [0, 0.1) is 5.92 Å². The first-order valence-corrected chi connectivity index (χ1v) is 11.2. The normalized spacial score (nSPS) is 30.6. The lowest BCUT2D eigenvalue weighted by atomic mass is 9.82. The van der Waals surface area contributed by atoms with Crippen molar-refractivity contribution < 1.29 is 24.1 Å². The summed E-state index contributed by atoms with van der Waals surface area (Å²) < 4.78 is 18.0. The smallest absolute Gasteiger partial charge is 0.410 e. The van der Waals surface area contributed by atoms with Gasteiger partial charge in [-0.2, -0.15) is 0 Å². The van der Waals surface area contributed by atoms with E-state index < -0.39 is 17.0 Å². The highest BCUT2D eigenvalue weighted by Gasteiger charge is 2.58. The predicted molar refractivity (Wildman–Crippen MR) is 118 cm³/mol. The van der Waals surface area contributed by atoms with E-state index in [1.54, 1.807) is 30.2 Å². The number of benzene rings is 1. The first-order valence-electron chi connectivity index (χ1n) is 10.8. The van der Waals surface area contributed by atoms with Gasteiger partial charge in [0.15, 0.2) is 11.5 Å². The number of rotatable bonds is 2. The second-order valence-corrected chi connectivity index (χ2v) is 10.4. The van der Waals surface area contributed by atoms with Crippen molar-refractivity contribution >= 4 is 17.7 Å². The molecule has 3 unspecified atom stereocenters. The summed E-state index contributed by atoms with van der Waals surface area (Å²) in [5.41, 5.74) is -0.402. The van der Waals surface area contributed by atoms with E-state index in [1.807, 2.05) is 39.0 Å². The Morgan fingerprint density at radius 2 is 2.06 bits per heavy atom. The molecule has 1 aromatic carbocycles. The molecule has 170 valence electrons. The number of amides is 1. The van der Waals surface area contributed by atoms with Crippen molar-refractivity contribution in [1.29, 1.82) is 0 Å². The molecule has 1 amide bonds.